The Kier molecular flexibility index (Phi) is 5.94. The Labute approximate surface area is 119 Å². The molecular formula is C14H23N3O3. The molecule has 0 unspecified atom stereocenters. The maximum atomic E-state index is 11.4. The molecular weight excluding hydrogens is 258 g/mol. The standard InChI is InChI=1S/C14H23N3O3/c1-14(2,10-18)17(3)7-8-20-12-6-4-5-11(9-12)13(19)16-15/h4-6,9,18H,7-8,10,15H2,1-3H3,(H,16,19). The minimum absolute atomic E-state index is 0.0790. The highest BCUT2D eigenvalue weighted by Crippen LogP contribution is 2.14. The van der Waals surface area contributed by atoms with E-state index in [1.807, 2.05) is 25.8 Å². The number of carbonyl (C=O) groups excluding carboxylic acids is 1. The molecule has 4 N–H and O–H groups in total. The van der Waals surface area contributed by atoms with Crippen molar-refractivity contribution < 1.29 is 14.6 Å². The molecule has 1 aromatic rings. The highest BCUT2D eigenvalue weighted by molar-refractivity contribution is 5.94. The molecule has 0 saturated heterocycles. The fourth-order valence-corrected chi connectivity index (χ4v) is 1.53. The molecule has 0 heterocycles. The number of nitrogen functional groups attached to an aromatic ring is 1. The van der Waals surface area contributed by atoms with Crippen LogP contribution in [-0.2, 0) is 0 Å². The number of ether oxygens (including phenoxy) is 1. The van der Waals surface area contributed by atoms with Gasteiger partial charge < -0.3 is 9.84 Å². The summed E-state index contributed by atoms with van der Waals surface area (Å²) in [6, 6.07) is 6.82. The molecule has 0 aliphatic carbocycles. The number of carbonyl (C=O) groups is 1. The molecule has 0 bridgehead atoms. The lowest BCUT2D eigenvalue weighted by Crippen LogP contribution is -2.45. The Bertz CT molecular complexity index is 449. The summed E-state index contributed by atoms with van der Waals surface area (Å²) in [5, 5.41) is 9.27. The minimum Gasteiger partial charge on any atom is -0.492 e. The van der Waals surface area contributed by atoms with Crippen molar-refractivity contribution in [2.75, 3.05) is 26.8 Å². The van der Waals surface area contributed by atoms with E-state index in [1.54, 1.807) is 24.3 Å². The SMILES string of the molecule is CN(CCOc1cccc(C(=O)NN)c1)C(C)(C)CO. The topological polar surface area (TPSA) is 87.8 Å². The predicted octanol–water partition coefficient (Wildman–Crippen LogP) is 0.372. The molecule has 0 atom stereocenters. The van der Waals surface area contributed by atoms with Gasteiger partial charge >= 0.3 is 0 Å². The largest absolute Gasteiger partial charge is 0.492 e. The van der Waals surface area contributed by atoms with E-state index in [0.717, 1.165) is 0 Å². The summed E-state index contributed by atoms with van der Waals surface area (Å²) in [7, 11) is 1.93. The quantitative estimate of drug-likeness (QED) is 0.382. The van der Waals surface area contributed by atoms with Crippen molar-refractivity contribution in [3.05, 3.63) is 29.8 Å². The molecule has 1 rings (SSSR count). The van der Waals surface area contributed by atoms with Crippen LogP contribution in [0.15, 0.2) is 24.3 Å². The van der Waals surface area contributed by atoms with Gasteiger partial charge in [-0.05, 0) is 39.1 Å². The second kappa shape index (κ2) is 7.23. The average Bonchev–Trinajstić information content (AvgIpc) is 2.46. The number of hydrazine groups is 1. The van der Waals surface area contributed by atoms with Crippen molar-refractivity contribution in [1.82, 2.24) is 10.3 Å². The Morgan fingerprint density at radius 2 is 2.20 bits per heavy atom. The molecule has 0 spiro atoms. The Hall–Kier alpha value is -1.63. The second-order valence-electron chi connectivity index (χ2n) is 5.24. The van der Waals surface area contributed by atoms with E-state index in [0.29, 0.717) is 24.5 Å². The third-order valence-corrected chi connectivity index (χ3v) is 3.34. The molecule has 6 nitrogen and oxygen atoms in total. The molecule has 1 aromatic carbocycles. The number of rotatable bonds is 7. The Morgan fingerprint density at radius 1 is 1.50 bits per heavy atom. The number of likely N-dealkylation sites (N-methyl/N-ethyl adjacent to an activating group) is 1. The highest BCUT2D eigenvalue weighted by atomic mass is 16.5. The van der Waals surface area contributed by atoms with Crippen molar-refractivity contribution in [3.8, 4) is 5.75 Å². The zero-order valence-corrected chi connectivity index (χ0v) is 12.2. The highest BCUT2D eigenvalue weighted by Gasteiger charge is 2.21. The molecule has 0 radical (unpaired) electrons. The van der Waals surface area contributed by atoms with Gasteiger partial charge in [-0.2, -0.15) is 0 Å². The van der Waals surface area contributed by atoms with Gasteiger partial charge in [0.15, 0.2) is 0 Å². The smallest absolute Gasteiger partial charge is 0.265 e. The van der Waals surface area contributed by atoms with E-state index >= 15 is 0 Å². The van der Waals surface area contributed by atoms with Gasteiger partial charge in [-0.1, -0.05) is 6.07 Å². The number of nitrogens with one attached hydrogen (secondary N) is 1. The van der Waals surface area contributed by atoms with Crippen LogP contribution < -0.4 is 16.0 Å². The van der Waals surface area contributed by atoms with E-state index in [9.17, 15) is 9.90 Å². The van der Waals surface area contributed by atoms with Gasteiger partial charge in [0.1, 0.15) is 12.4 Å². The van der Waals surface area contributed by atoms with Gasteiger partial charge in [0.05, 0.1) is 6.61 Å². The number of nitrogens with two attached hydrogens (primary N) is 1. The number of amides is 1. The molecule has 0 aromatic heterocycles. The Balaban J connectivity index is 2.52. The van der Waals surface area contributed by atoms with Gasteiger partial charge in [-0.25, -0.2) is 5.84 Å². The van der Waals surface area contributed by atoms with Crippen LogP contribution in [-0.4, -0.2) is 48.3 Å². The van der Waals surface area contributed by atoms with E-state index in [1.165, 1.54) is 0 Å². The van der Waals surface area contributed by atoms with E-state index < -0.39 is 0 Å². The first-order valence-corrected chi connectivity index (χ1v) is 6.46. The molecule has 6 heteroatoms. The van der Waals surface area contributed by atoms with Gasteiger partial charge in [0.25, 0.3) is 5.91 Å². The lowest BCUT2D eigenvalue weighted by atomic mass is 10.1. The number of hydrogen-bond acceptors (Lipinski definition) is 5. The molecule has 0 fully saturated rings. The first-order chi connectivity index (χ1) is 9.40. The zero-order valence-electron chi connectivity index (χ0n) is 12.2. The summed E-state index contributed by atoms with van der Waals surface area (Å²) >= 11 is 0. The lowest BCUT2D eigenvalue weighted by molar-refractivity contribution is 0.0678. The first kappa shape index (κ1) is 16.4. The summed E-state index contributed by atoms with van der Waals surface area (Å²) in [4.78, 5) is 13.4. The maximum Gasteiger partial charge on any atom is 0.265 e. The van der Waals surface area contributed by atoms with E-state index in [-0.39, 0.29) is 18.1 Å². The number of aliphatic hydroxyl groups is 1. The van der Waals surface area contributed by atoms with Crippen LogP contribution in [0.3, 0.4) is 0 Å². The van der Waals surface area contributed by atoms with E-state index in [4.69, 9.17) is 10.6 Å². The number of nitrogens with zero attached hydrogens (tertiary/aromatic N) is 1. The normalized spacial score (nSPS) is 11.5. The third-order valence-electron chi connectivity index (χ3n) is 3.34. The average molecular weight is 281 g/mol. The summed E-state index contributed by atoms with van der Waals surface area (Å²) < 4.78 is 5.61. The third kappa shape index (κ3) is 4.48. The van der Waals surface area contributed by atoms with Gasteiger partial charge in [0, 0.05) is 17.6 Å². The van der Waals surface area contributed by atoms with E-state index in [2.05, 4.69) is 5.43 Å². The molecule has 0 aliphatic heterocycles. The number of hydrogen-bond donors (Lipinski definition) is 3. The summed E-state index contributed by atoms with van der Waals surface area (Å²) in [5.74, 6) is 5.35. The molecule has 1 amide bonds. The van der Waals surface area contributed by atoms with Crippen LogP contribution in [0.5, 0.6) is 5.75 Å². The van der Waals surface area contributed by atoms with Gasteiger partial charge in [-0.3, -0.25) is 15.1 Å². The maximum absolute atomic E-state index is 11.4. The van der Waals surface area contributed by atoms with Crippen LogP contribution in [0.1, 0.15) is 24.2 Å². The molecule has 0 saturated carbocycles. The fraction of sp³-hybridized carbons (Fsp3) is 0.500. The van der Waals surface area contributed by atoms with Gasteiger partial charge in [-0.15, -0.1) is 0 Å². The van der Waals surface area contributed by atoms with Crippen molar-refractivity contribution in [1.29, 1.82) is 0 Å². The van der Waals surface area contributed by atoms with Gasteiger partial charge in [0.2, 0.25) is 0 Å². The van der Waals surface area contributed by atoms with Crippen LogP contribution in [0, 0.1) is 0 Å². The van der Waals surface area contributed by atoms with Crippen molar-refractivity contribution in [2.24, 2.45) is 5.84 Å². The summed E-state index contributed by atoms with van der Waals surface area (Å²) in [6.07, 6.45) is 0. The monoisotopic (exact) mass is 281 g/mol. The fourth-order valence-electron chi connectivity index (χ4n) is 1.53. The van der Waals surface area contributed by atoms with Crippen LogP contribution in [0.25, 0.3) is 0 Å². The first-order valence-electron chi connectivity index (χ1n) is 6.46. The van der Waals surface area contributed by atoms with Crippen molar-refractivity contribution in [3.63, 3.8) is 0 Å². The lowest BCUT2D eigenvalue weighted by Gasteiger charge is -2.33. The van der Waals surface area contributed by atoms with Crippen LogP contribution >= 0.6 is 0 Å². The molecule has 112 valence electrons. The predicted molar refractivity (Wildman–Crippen MR) is 77.4 cm³/mol. The van der Waals surface area contributed by atoms with Crippen LogP contribution in [0.2, 0.25) is 0 Å². The van der Waals surface area contributed by atoms with Crippen molar-refractivity contribution >= 4 is 5.91 Å². The second-order valence-corrected chi connectivity index (χ2v) is 5.24. The Morgan fingerprint density at radius 3 is 2.80 bits per heavy atom. The summed E-state index contributed by atoms with van der Waals surface area (Å²) in [5.41, 5.74) is 2.25. The molecule has 0 aliphatic rings. The number of aliphatic hydroxyl groups excluding tert-OH is 1. The zero-order chi connectivity index (χ0) is 15.2. The minimum atomic E-state index is -0.353. The summed E-state index contributed by atoms with van der Waals surface area (Å²) in [6.45, 7) is 5.13. The van der Waals surface area contributed by atoms with Crippen molar-refractivity contribution in [2.45, 2.75) is 19.4 Å². The number of benzene rings is 1. The van der Waals surface area contributed by atoms with Crippen LogP contribution in [0.4, 0.5) is 0 Å². The molecule has 20 heavy (non-hydrogen) atoms.